The molecular weight excluding hydrogens is 897 g/mol. The molecule has 0 aliphatic carbocycles. The number of carbonyl (C=O) groups is 1. The molecule has 2 aliphatic heterocycles. The van der Waals surface area contributed by atoms with Gasteiger partial charge < -0.3 is 64.2 Å². The van der Waals surface area contributed by atoms with Crippen LogP contribution in [0.15, 0.2) is 60.8 Å². The molecule has 7 N–H and O–H groups in total. The van der Waals surface area contributed by atoms with Gasteiger partial charge in [0.05, 0.1) is 26.4 Å². The van der Waals surface area contributed by atoms with Crippen LogP contribution in [0.3, 0.4) is 0 Å². The van der Waals surface area contributed by atoms with E-state index >= 15 is 0 Å². The van der Waals surface area contributed by atoms with Gasteiger partial charge in [0.15, 0.2) is 12.6 Å². The molecule has 406 valence electrons. The lowest BCUT2D eigenvalue weighted by Crippen LogP contribution is -2.61. The Hall–Kier alpha value is -2.31. The monoisotopic (exact) mass is 995 g/mol. The topological polar surface area (TPSA) is 214 Å². The molecule has 0 aromatic carbocycles. The van der Waals surface area contributed by atoms with Crippen LogP contribution in [-0.2, 0) is 33.2 Å². The highest BCUT2D eigenvalue weighted by Gasteiger charge is 2.47. The molecule has 0 aromatic rings. The van der Waals surface area contributed by atoms with Gasteiger partial charge in [-0.25, -0.2) is 0 Å². The molecule has 14 heteroatoms. The number of allylic oxidation sites excluding steroid dienone is 10. The lowest BCUT2D eigenvalue weighted by atomic mass is 9.98. The number of hydrogen-bond donors (Lipinski definition) is 7. The zero-order valence-electron chi connectivity index (χ0n) is 43.2. The minimum atomic E-state index is -1.71. The van der Waals surface area contributed by atoms with E-state index in [1.807, 2.05) is 0 Å². The van der Waals surface area contributed by atoms with Crippen molar-refractivity contribution in [1.29, 1.82) is 0 Å². The quantitative estimate of drug-likeness (QED) is 0.0173. The van der Waals surface area contributed by atoms with Gasteiger partial charge in [-0.05, 0) is 57.8 Å². The van der Waals surface area contributed by atoms with Crippen LogP contribution in [0.5, 0.6) is 0 Å². The van der Waals surface area contributed by atoms with E-state index in [9.17, 15) is 40.5 Å². The highest BCUT2D eigenvalue weighted by atomic mass is 16.7. The van der Waals surface area contributed by atoms with Crippen LogP contribution >= 0.6 is 0 Å². The minimum absolute atomic E-state index is 0.0479. The molecule has 0 spiro atoms. The van der Waals surface area contributed by atoms with Crippen molar-refractivity contribution in [3.63, 3.8) is 0 Å². The van der Waals surface area contributed by atoms with Gasteiger partial charge in [0.2, 0.25) is 0 Å². The fraction of sp³-hybridized carbons (Fsp3) is 0.804. The number of aliphatic hydroxyl groups excluding tert-OH is 7. The van der Waals surface area contributed by atoms with Gasteiger partial charge >= 0.3 is 5.97 Å². The van der Waals surface area contributed by atoms with Crippen LogP contribution in [-0.4, -0.2) is 142 Å². The first kappa shape index (κ1) is 63.8. The molecule has 0 bridgehead atoms. The highest BCUT2D eigenvalue weighted by Crippen LogP contribution is 2.26. The Balaban J connectivity index is 1.76. The van der Waals surface area contributed by atoms with E-state index in [1.54, 1.807) is 0 Å². The molecule has 2 fully saturated rings. The minimum Gasteiger partial charge on any atom is -0.457 e. The highest BCUT2D eigenvalue weighted by molar-refractivity contribution is 5.69. The number of rotatable bonds is 43. The normalized spacial score (nSPS) is 26.0. The van der Waals surface area contributed by atoms with Crippen LogP contribution in [0.4, 0.5) is 0 Å². The first-order valence-electron chi connectivity index (χ1n) is 27.4. The number of hydrogen-bond acceptors (Lipinski definition) is 14. The van der Waals surface area contributed by atoms with Crippen molar-refractivity contribution in [2.24, 2.45) is 0 Å². The van der Waals surface area contributed by atoms with Gasteiger partial charge in [-0.1, -0.05) is 184 Å². The average Bonchev–Trinajstić information content (AvgIpc) is 3.36. The number of carbonyl (C=O) groups excluding carboxylic acids is 1. The Labute approximate surface area is 422 Å². The molecule has 2 saturated heterocycles. The summed E-state index contributed by atoms with van der Waals surface area (Å²) in [5, 5.41) is 72.2. The Morgan fingerprint density at radius 2 is 0.929 bits per heavy atom. The van der Waals surface area contributed by atoms with E-state index < -0.39 is 86.7 Å². The van der Waals surface area contributed by atoms with E-state index in [-0.39, 0.29) is 19.6 Å². The Kier molecular flexibility index (Phi) is 39.3. The maximum atomic E-state index is 13.0. The molecule has 2 heterocycles. The molecular formula is C56H98O14. The van der Waals surface area contributed by atoms with E-state index in [0.29, 0.717) is 13.0 Å². The first-order valence-corrected chi connectivity index (χ1v) is 27.4. The third-order valence-electron chi connectivity index (χ3n) is 12.8. The van der Waals surface area contributed by atoms with E-state index in [0.717, 1.165) is 70.6 Å². The van der Waals surface area contributed by atoms with E-state index in [2.05, 4.69) is 74.6 Å². The summed E-state index contributed by atoms with van der Waals surface area (Å²) >= 11 is 0. The molecule has 2 rings (SSSR count). The van der Waals surface area contributed by atoms with Gasteiger partial charge in [0.25, 0.3) is 0 Å². The van der Waals surface area contributed by atoms with Gasteiger partial charge in [-0.15, -0.1) is 0 Å². The fourth-order valence-corrected chi connectivity index (χ4v) is 8.37. The number of ether oxygens (including phenoxy) is 6. The lowest BCUT2D eigenvalue weighted by molar-refractivity contribution is -0.332. The summed E-state index contributed by atoms with van der Waals surface area (Å²) in [5.74, 6) is -0.406. The Bertz CT molecular complexity index is 1390. The van der Waals surface area contributed by atoms with Crippen LogP contribution in [0.25, 0.3) is 0 Å². The van der Waals surface area contributed by atoms with Crippen molar-refractivity contribution in [2.45, 2.75) is 255 Å². The fourth-order valence-electron chi connectivity index (χ4n) is 8.37. The molecule has 0 saturated carbocycles. The summed E-state index contributed by atoms with van der Waals surface area (Å²) < 4.78 is 34.3. The van der Waals surface area contributed by atoms with Crippen molar-refractivity contribution < 1.29 is 69.0 Å². The van der Waals surface area contributed by atoms with Crippen LogP contribution in [0.1, 0.15) is 187 Å². The summed E-state index contributed by atoms with van der Waals surface area (Å²) in [7, 11) is 0. The Morgan fingerprint density at radius 1 is 0.486 bits per heavy atom. The standard InChI is InChI=1S/C56H98O14/c1-3-5-7-9-11-13-15-17-19-21-22-23-25-27-29-31-33-35-37-39-48(58)68-45(42-65-40-38-36-34-32-30-28-26-24-20-18-16-14-12-10-8-6-4-2)43-66-55-54(64)52(62)50(60)47(70-55)44-67-56-53(63)51(61)49(59)46(41-57)69-56/h5,7,11,13,17,19,22-23,27,29,45-47,49-57,59-64H,3-4,6,8-10,12,14-16,18,20-21,24-26,28,30-44H2,1-2H3/b7-5-,13-11-,19-17-,23-22-,29-27-. The van der Waals surface area contributed by atoms with Crippen molar-refractivity contribution in [3.8, 4) is 0 Å². The van der Waals surface area contributed by atoms with Gasteiger partial charge in [0.1, 0.15) is 54.9 Å². The van der Waals surface area contributed by atoms with Crippen molar-refractivity contribution >= 4 is 5.97 Å². The van der Waals surface area contributed by atoms with Crippen molar-refractivity contribution in [1.82, 2.24) is 0 Å². The molecule has 11 unspecified atom stereocenters. The number of esters is 1. The lowest BCUT2D eigenvalue weighted by Gasteiger charge is -2.42. The smallest absolute Gasteiger partial charge is 0.306 e. The number of aliphatic hydroxyl groups is 7. The third kappa shape index (κ3) is 30.0. The molecule has 70 heavy (non-hydrogen) atoms. The van der Waals surface area contributed by atoms with Gasteiger partial charge in [-0.2, -0.15) is 0 Å². The largest absolute Gasteiger partial charge is 0.457 e. The van der Waals surface area contributed by atoms with Crippen LogP contribution in [0, 0.1) is 0 Å². The van der Waals surface area contributed by atoms with Crippen molar-refractivity contribution in [2.75, 3.05) is 33.0 Å². The molecule has 2 aliphatic rings. The summed E-state index contributed by atoms with van der Waals surface area (Å²) in [6.45, 7) is 3.54. The van der Waals surface area contributed by atoms with E-state index in [4.69, 9.17) is 28.4 Å². The van der Waals surface area contributed by atoms with Gasteiger partial charge in [0, 0.05) is 13.0 Å². The predicted molar refractivity (Wildman–Crippen MR) is 275 cm³/mol. The van der Waals surface area contributed by atoms with Crippen LogP contribution in [0.2, 0.25) is 0 Å². The second kappa shape index (κ2) is 43.1. The Morgan fingerprint density at radius 3 is 1.44 bits per heavy atom. The maximum Gasteiger partial charge on any atom is 0.306 e. The molecule has 11 atom stereocenters. The first-order chi connectivity index (χ1) is 34.1. The third-order valence-corrected chi connectivity index (χ3v) is 12.8. The number of unbranched alkanes of at least 4 members (excludes halogenated alkanes) is 19. The summed E-state index contributed by atoms with van der Waals surface area (Å²) in [5.41, 5.74) is 0. The van der Waals surface area contributed by atoms with Gasteiger partial charge in [-0.3, -0.25) is 4.79 Å². The van der Waals surface area contributed by atoms with E-state index in [1.165, 1.54) is 89.9 Å². The van der Waals surface area contributed by atoms with Crippen LogP contribution < -0.4 is 0 Å². The molecule has 0 radical (unpaired) electrons. The predicted octanol–water partition coefficient (Wildman–Crippen LogP) is 8.91. The summed E-state index contributed by atoms with van der Waals surface area (Å²) in [6, 6.07) is 0. The molecule has 0 aromatic heterocycles. The second-order valence-electron chi connectivity index (χ2n) is 19.0. The van der Waals surface area contributed by atoms with Crippen molar-refractivity contribution in [3.05, 3.63) is 60.8 Å². The maximum absolute atomic E-state index is 13.0. The summed E-state index contributed by atoms with van der Waals surface area (Å²) in [4.78, 5) is 13.0. The molecule has 0 amide bonds. The average molecular weight is 995 g/mol. The zero-order valence-corrected chi connectivity index (χ0v) is 43.2. The second-order valence-corrected chi connectivity index (χ2v) is 19.0. The molecule has 14 nitrogen and oxygen atoms in total. The summed E-state index contributed by atoms with van der Waals surface area (Å²) in [6.07, 6.45) is 35.6. The SMILES string of the molecule is CC/C=C\C/C=C\C/C=C\C/C=C\C/C=C\CCCCCC(=O)OC(COCCCCCCCCCCCCCCCCCCC)COC1OC(COC2OC(CO)C(O)C(O)C2O)C(O)C(O)C1O. The zero-order chi connectivity index (χ0) is 50.9.